The topological polar surface area (TPSA) is 17.8 Å². The summed E-state index contributed by atoms with van der Waals surface area (Å²) in [7, 11) is 2.03. The van der Waals surface area contributed by atoms with E-state index in [9.17, 15) is 0 Å². The highest BCUT2D eigenvalue weighted by molar-refractivity contribution is 5.55. The second-order valence-electron chi connectivity index (χ2n) is 3.11. The van der Waals surface area contributed by atoms with E-state index in [1.807, 2.05) is 13.4 Å². The van der Waals surface area contributed by atoms with Gasteiger partial charge in [0.25, 0.3) is 0 Å². The van der Waals surface area contributed by atoms with Gasteiger partial charge in [0.15, 0.2) is 0 Å². The molecule has 2 nitrogen and oxygen atoms in total. The average Bonchev–Trinajstić information content (AvgIpc) is 2.30. The predicted octanol–water partition coefficient (Wildman–Crippen LogP) is 0.331. The number of aryl methyl sites for hydroxylation is 1. The number of hydrogen-bond donors (Lipinski definition) is 0. The van der Waals surface area contributed by atoms with Crippen LogP contribution in [0.25, 0.3) is 11.6 Å². The molecule has 12 heavy (non-hydrogen) atoms. The van der Waals surface area contributed by atoms with Gasteiger partial charge >= 0.3 is 0 Å². The van der Waals surface area contributed by atoms with Gasteiger partial charge < -0.3 is 4.57 Å². The SMILES string of the molecule is CC1=c2ncn(C)c2=CCC=C1. The second kappa shape index (κ2) is 2.63. The van der Waals surface area contributed by atoms with Gasteiger partial charge in [-0.3, -0.25) is 0 Å². The molecule has 0 saturated carbocycles. The third kappa shape index (κ3) is 0.998. The minimum atomic E-state index is 1.00. The summed E-state index contributed by atoms with van der Waals surface area (Å²) in [6, 6.07) is 0. The molecule has 1 aromatic heterocycles. The van der Waals surface area contributed by atoms with E-state index in [0.29, 0.717) is 0 Å². The lowest BCUT2D eigenvalue weighted by Crippen LogP contribution is -2.29. The third-order valence-corrected chi connectivity index (χ3v) is 2.17. The van der Waals surface area contributed by atoms with Crippen molar-refractivity contribution < 1.29 is 0 Å². The minimum Gasteiger partial charge on any atom is -0.334 e. The molecule has 1 aliphatic rings. The molecule has 0 saturated heterocycles. The molecule has 0 unspecified atom stereocenters. The van der Waals surface area contributed by atoms with Crippen LogP contribution in [0.4, 0.5) is 0 Å². The number of hydrogen-bond acceptors (Lipinski definition) is 1. The average molecular weight is 160 g/mol. The Morgan fingerprint density at radius 3 is 3.17 bits per heavy atom. The molecule has 2 rings (SSSR count). The highest BCUT2D eigenvalue weighted by Gasteiger charge is 1.97. The van der Waals surface area contributed by atoms with Crippen LogP contribution >= 0.6 is 0 Å². The molecule has 1 heterocycles. The van der Waals surface area contributed by atoms with Crippen LogP contribution in [0.5, 0.6) is 0 Å². The normalized spacial score (nSPS) is 15.3. The van der Waals surface area contributed by atoms with Crippen LogP contribution in [0.15, 0.2) is 18.5 Å². The fraction of sp³-hybridized carbons (Fsp3) is 0.300. The van der Waals surface area contributed by atoms with Crippen LogP contribution in [0, 0.1) is 0 Å². The predicted molar refractivity (Wildman–Crippen MR) is 49.8 cm³/mol. The van der Waals surface area contributed by atoms with Gasteiger partial charge in [0.05, 0.1) is 17.0 Å². The van der Waals surface area contributed by atoms with Gasteiger partial charge in [-0.1, -0.05) is 18.2 Å². The fourth-order valence-corrected chi connectivity index (χ4v) is 1.49. The van der Waals surface area contributed by atoms with Gasteiger partial charge in [0, 0.05) is 7.05 Å². The van der Waals surface area contributed by atoms with Gasteiger partial charge in [-0.25, -0.2) is 4.98 Å². The van der Waals surface area contributed by atoms with Crippen molar-refractivity contribution >= 4 is 11.6 Å². The monoisotopic (exact) mass is 160 g/mol. The molecule has 0 aliphatic heterocycles. The summed E-state index contributed by atoms with van der Waals surface area (Å²) >= 11 is 0. The Labute approximate surface area is 71.6 Å². The Hall–Kier alpha value is -1.31. The Bertz CT molecular complexity index is 435. The van der Waals surface area contributed by atoms with Crippen LogP contribution in [0.2, 0.25) is 0 Å². The molecule has 0 amide bonds. The van der Waals surface area contributed by atoms with Crippen molar-refractivity contribution in [3.8, 4) is 0 Å². The molecule has 0 fully saturated rings. The van der Waals surface area contributed by atoms with Crippen molar-refractivity contribution in [2.75, 3.05) is 0 Å². The summed E-state index contributed by atoms with van der Waals surface area (Å²) in [4.78, 5) is 4.34. The van der Waals surface area contributed by atoms with Crippen molar-refractivity contribution in [2.24, 2.45) is 7.05 Å². The highest BCUT2D eigenvalue weighted by Crippen LogP contribution is 1.96. The maximum atomic E-state index is 4.34. The smallest absolute Gasteiger partial charge is 0.0955 e. The molecule has 62 valence electrons. The lowest BCUT2D eigenvalue weighted by Gasteiger charge is -1.87. The van der Waals surface area contributed by atoms with E-state index >= 15 is 0 Å². The van der Waals surface area contributed by atoms with Crippen molar-refractivity contribution in [1.29, 1.82) is 0 Å². The molecular formula is C10H12N2. The van der Waals surface area contributed by atoms with Crippen molar-refractivity contribution in [2.45, 2.75) is 13.3 Å². The molecule has 0 N–H and O–H groups in total. The first-order chi connectivity index (χ1) is 5.79. The molecule has 2 heteroatoms. The number of aromatic nitrogens is 2. The van der Waals surface area contributed by atoms with E-state index in [1.165, 1.54) is 10.9 Å². The Kier molecular flexibility index (Phi) is 1.61. The van der Waals surface area contributed by atoms with Crippen molar-refractivity contribution in [3.63, 3.8) is 0 Å². The standard InChI is InChI=1S/C10H12N2/c1-8-5-3-4-6-9-10(8)11-7-12(9)2/h3,5-7H,4H2,1-2H3. The van der Waals surface area contributed by atoms with Crippen LogP contribution < -0.4 is 10.7 Å². The molecule has 1 aromatic rings. The lowest BCUT2D eigenvalue weighted by molar-refractivity contribution is 0.878. The molecule has 0 bridgehead atoms. The van der Waals surface area contributed by atoms with Gasteiger partial charge in [-0.15, -0.1) is 0 Å². The molecular weight excluding hydrogens is 148 g/mol. The molecule has 0 spiro atoms. The van der Waals surface area contributed by atoms with E-state index in [0.717, 1.165) is 11.8 Å². The first-order valence-corrected chi connectivity index (χ1v) is 4.14. The van der Waals surface area contributed by atoms with E-state index in [-0.39, 0.29) is 0 Å². The summed E-state index contributed by atoms with van der Waals surface area (Å²) in [5.74, 6) is 0. The van der Waals surface area contributed by atoms with Crippen LogP contribution in [-0.2, 0) is 7.05 Å². The Morgan fingerprint density at radius 2 is 2.33 bits per heavy atom. The number of fused-ring (bicyclic) bond motifs is 1. The first-order valence-electron chi connectivity index (χ1n) is 4.14. The molecule has 0 aromatic carbocycles. The zero-order valence-electron chi connectivity index (χ0n) is 7.41. The van der Waals surface area contributed by atoms with Crippen LogP contribution in [-0.4, -0.2) is 9.55 Å². The van der Waals surface area contributed by atoms with Gasteiger partial charge in [0.2, 0.25) is 0 Å². The summed E-state index contributed by atoms with van der Waals surface area (Å²) in [6.45, 7) is 2.10. The fourth-order valence-electron chi connectivity index (χ4n) is 1.49. The molecule has 0 radical (unpaired) electrons. The van der Waals surface area contributed by atoms with Crippen LogP contribution in [0.3, 0.4) is 0 Å². The number of allylic oxidation sites excluding steroid dienone is 2. The van der Waals surface area contributed by atoms with Crippen molar-refractivity contribution in [1.82, 2.24) is 9.55 Å². The largest absolute Gasteiger partial charge is 0.334 e. The second-order valence-corrected chi connectivity index (χ2v) is 3.11. The third-order valence-electron chi connectivity index (χ3n) is 2.17. The Balaban J connectivity index is 2.91. The molecule has 0 atom stereocenters. The van der Waals surface area contributed by atoms with Crippen molar-refractivity contribution in [3.05, 3.63) is 29.2 Å². The minimum absolute atomic E-state index is 1.00. The van der Waals surface area contributed by atoms with Gasteiger partial charge in [0.1, 0.15) is 0 Å². The van der Waals surface area contributed by atoms with E-state index in [1.54, 1.807) is 0 Å². The maximum Gasteiger partial charge on any atom is 0.0955 e. The maximum absolute atomic E-state index is 4.34. The van der Waals surface area contributed by atoms with Gasteiger partial charge in [-0.2, -0.15) is 0 Å². The van der Waals surface area contributed by atoms with E-state index in [2.05, 4.69) is 34.7 Å². The summed E-state index contributed by atoms with van der Waals surface area (Å²) < 4.78 is 2.06. The molecule has 1 aliphatic carbocycles. The summed E-state index contributed by atoms with van der Waals surface area (Å²) in [6.07, 6.45) is 9.37. The highest BCUT2D eigenvalue weighted by atomic mass is 15.0. The summed E-state index contributed by atoms with van der Waals surface area (Å²) in [5.41, 5.74) is 1.25. The zero-order valence-corrected chi connectivity index (χ0v) is 7.41. The quantitative estimate of drug-likeness (QED) is 0.535. The number of nitrogens with zero attached hydrogens (tertiary/aromatic N) is 2. The lowest BCUT2D eigenvalue weighted by atomic mass is 10.3. The number of rotatable bonds is 0. The number of imidazole rings is 1. The summed E-state index contributed by atoms with van der Waals surface area (Å²) in [5, 5.41) is 2.35. The van der Waals surface area contributed by atoms with Gasteiger partial charge in [-0.05, 0) is 18.9 Å². The zero-order chi connectivity index (χ0) is 8.55. The van der Waals surface area contributed by atoms with E-state index in [4.69, 9.17) is 0 Å². The first kappa shape index (κ1) is 7.35. The Morgan fingerprint density at radius 1 is 1.50 bits per heavy atom. The van der Waals surface area contributed by atoms with Crippen LogP contribution in [0.1, 0.15) is 13.3 Å². The van der Waals surface area contributed by atoms with E-state index < -0.39 is 0 Å².